The molecule has 0 aliphatic rings. The maximum Gasteiger partial charge on any atom is 0.282 e. The predicted octanol–water partition coefficient (Wildman–Crippen LogP) is 7.90. The third-order valence-electron chi connectivity index (χ3n) is 8.70. The van der Waals surface area contributed by atoms with Crippen molar-refractivity contribution in [2.75, 3.05) is 14.2 Å². The number of halogens is 2. The number of pyridine rings is 4. The van der Waals surface area contributed by atoms with Crippen molar-refractivity contribution in [3.63, 3.8) is 0 Å². The number of aryl methyl sites for hydroxylation is 2. The molecule has 7 rings (SSSR count). The zero-order chi connectivity index (χ0) is 38.5. The second-order valence-corrected chi connectivity index (χ2v) is 14.3. The van der Waals surface area contributed by atoms with Crippen LogP contribution in [0.1, 0.15) is 48.8 Å². The Bertz CT molecular complexity index is 2650. The molecule has 1 amide bonds. The van der Waals surface area contributed by atoms with Crippen molar-refractivity contribution in [1.29, 1.82) is 0 Å². The summed E-state index contributed by atoms with van der Waals surface area (Å²) in [6, 6.07) is 31.5. The first-order valence-electron chi connectivity index (χ1n) is 16.9. The maximum absolute atomic E-state index is 13.2. The molecule has 0 radical (unpaired) electrons. The molecule has 0 fully saturated rings. The highest BCUT2D eigenvalue weighted by Gasteiger charge is 2.20. The van der Waals surface area contributed by atoms with Gasteiger partial charge in [0.1, 0.15) is 14.8 Å². The van der Waals surface area contributed by atoms with Crippen LogP contribution < -0.4 is 10.9 Å². The van der Waals surface area contributed by atoms with Crippen molar-refractivity contribution >= 4 is 65.4 Å². The highest BCUT2D eigenvalue weighted by molar-refractivity contribution is 9.10. The number of carbonyl (C=O) groups excluding carboxylic acids is 2. The van der Waals surface area contributed by atoms with Gasteiger partial charge in [-0.25, -0.2) is 15.0 Å². The van der Waals surface area contributed by atoms with E-state index in [4.69, 9.17) is 4.84 Å². The Balaban J connectivity index is 0.000000186. The third-order valence-corrected chi connectivity index (χ3v) is 9.59. The van der Waals surface area contributed by atoms with Crippen LogP contribution in [0.15, 0.2) is 134 Å². The van der Waals surface area contributed by atoms with E-state index >= 15 is 0 Å². The monoisotopic (exact) mass is 847 g/mol. The molecular formula is C42H35Br2N5O5. The molecule has 0 saturated heterocycles. The van der Waals surface area contributed by atoms with Crippen molar-refractivity contribution in [1.82, 2.24) is 24.2 Å². The minimum absolute atomic E-state index is 0.0537. The zero-order valence-electron chi connectivity index (χ0n) is 29.9. The number of aromatic nitrogens is 4. The highest BCUT2D eigenvalue weighted by atomic mass is 79.9. The highest BCUT2D eigenvalue weighted by Crippen LogP contribution is 2.19. The van der Waals surface area contributed by atoms with Gasteiger partial charge in [0, 0.05) is 35.8 Å². The summed E-state index contributed by atoms with van der Waals surface area (Å²) in [7, 11) is 2.85. The summed E-state index contributed by atoms with van der Waals surface area (Å²) < 4.78 is 5.24. The SMILES string of the molecule is CON(C)C(=O)c1cn(Cc2cccc(Br)n2)c2ccccc2c1=O.Cc1cc(C)cc(C(=O)c2cn(Cc3cccc(Br)n3)c3ccccc3c2=O)c1. The molecule has 272 valence electrons. The maximum atomic E-state index is 13.2. The fraction of sp³-hybridized carbons (Fsp3) is 0.143. The van der Waals surface area contributed by atoms with Gasteiger partial charge >= 0.3 is 0 Å². The smallest absolute Gasteiger partial charge is 0.282 e. The molecule has 0 bridgehead atoms. The standard InChI is InChI=1S/C24H19BrN2O2.C18H16BrN3O3/c1-15-10-16(2)12-17(11-15)23(28)20-14-27(13-18-6-5-9-22(25)26-18)21-8-4-3-7-19(21)24(20)29;1-21(25-2)18(24)14-11-22(10-12-6-5-9-16(19)20-12)15-8-4-3-7-13(15)17(14)23/h3-12,14H,13H2,1-2H3;3-9,11H,10H2,1-2H3. The van der Waals surface area contributed by atoms with Crippen molar-refractivity contribution in [2.45, 2.75) is 26.9 Å². The molecule has 4 heterocycles. The Morgan fingerprint density at radius 1 is 0.667 bits per heavy atom. The van der Waals surface area contributed by atoms with Crippen LogP contribution in [0.3, 0.4) is 0 Å². The van der Waals surface area contributed by atoms with Crippen molar-refractivity contribution in [3.8, 4) is 0 Å². The van der Waals surface area contributed by atoms with Gasteiger partial charge in [-0.1, -0.05) is 53.6 Å². The second kappa shape index (κ2) is 16.6. The summed E-state index contributed by atoms with van der Waals surface area (Å²) in [6.45, 7) is 4.77. The van der Waals surface area contributed by atoms with Gasteiger partial charge in [0.25, 0.3) is 5.91 Å². The van der Waals surface area contributed by atoms with Gasteiger partial charge in [-0.05, 0) is 106 Å². The summed E-state index contributed by atoms with van der Waals surface area (Å²) in [4.78, 5) is 65.4. The Morgan fingerprint density at radius 2 is 1.13 bits per heavy atom. The first-order valence-corrected chi connectivity index (χ1v) is 18.4. The predicted molar refractivity (Wildman–Crippen MR) is 217 cm³/mol. The van der Waals surface area contributed by atoms with E-state index in [0.717, 1.165) is 47.8 Å². The Morgan fingerprint density at radius 3 is 1.61 bits per heavy atom. The van der Waals surface area contributed by atoms with Crippen LogP contribution >= 0.6 is 31.9 Å². The molecule has 0 spiro atoms. The number of hydrogen-bond donors (Lipinski definition) is 0. The number of amides is 1. The number of hydroxylamine groups is 2. The van der Waals surface area contributed by atoms with E-state index < -0.39 is 5.91 Å². The van der Waals surface area contributed by atoms with Gasteiger partial charge < -0.3 is 9.13 Å². The molecule has 7 aromatic rings. The number of hydrogen-bond acceptors (Lipinski definition) is 7. The molecule has 0 N–H and O–H groups in total. The Hall–Kier alpha value is -5.56. The van der Waals surface area contributed by atoms with Gasteiger partial charge in [-0.2, -0.15) is 0 Å². The van der Waals surface area contributed by atoms with Crippen LogP contribution in [0.4, 0.5) is 0 Å². The first-order chi connectivity index (χ1) is 25.9. The molecule has 0 saturated carbocycles. The van der Waals surface area contributed by atoms with Crippen LogP contribution in [0.5, 0.6) is 0 Å². The second-order valence-electron chi connectivity index (χ2n) is 12.6. The van der Waals surface area contributed by atoms with Crippen molar-refractivity contribution < 1.29 is 14.4 Å². The molecule has 0 aliphatic heterocycles. The molecule has 10 nitrogen and oxygen atoms in total. The van der Waals surface area contributed by atoms with Crippen LogP contribution in [0, 0.1) is 13.8 Å². The van der Waals surface area contributed by atoms with Gasteiger partial charge in [0.05, 0.1) is 48.2 Å². The summed E-state index contributed by atoms with van der Waals surface area (Å²) >= 11 is 6.75. The van der Waals surface area contributed by atoms with E-state index in [9.17, 15) is 19.2 Å². The Kier molecular flexibility index (Phi) is 11.8. The molecule has 0 unspecified atom stereocenters. The fourth-order valence-corrected chi connectivity index (χ4v) is 6.97. The first kappa shape index (κ1) is 38.2. The Labute approximate surface area is 327 Å². The molecule has 12 heteroatoms. The summed E-state index contributed by atoms with van der Waals surface area (Å²) in [5.74, 6) is -0.752. The van der Waals surface area contributed by atoms with E-state index in [-0.39, 0.29) is 27.8 Å². The minimum atomic E-state index is -0.491. The van der Waals surface area contributed by atoms with E-state index in [0.29, 0.717) is 29.4 Å². The van der Waals surface area contributed by atoms with Crippen LogP contribution in [0.2, 0.25) is 0 Å². The van der Waals surface area contributed by atoms with Gasteiger partial charge in [-0.15, -0.1) is 0 Å². The molecular weight excluding hydrogens is 814 g/mol. The van der Waals surface area contributed by atoms with E-state index in [1.807, 2.05) is 108 Å². The van der Waals surface area contributed by atoms with Crippen LogP contribution in [-0.2, 0) is 17.9 Å². The summed E-state index contributed by atoms with van der Waals surface area (Å²) in [6.07, 6.45) is 3.22. The lowest BCUT2D eigenvalue weighted by molar-refractivity contribution is -0.0758. The van der Waals surface area contributed by atoms with Crippen LogP contribution in [0.25, 0.3) is 21.8 Å². The quantitative estimate of drug-likeness (QED) is 0.0868. The number of benzene rings is 3. The lowest BCUT2D eigenvalue weighted by atomic mass is 9.99. The number of ketones is 1. The molecule has 54 heavy (non-hydrogen) atoms. The number of nitrogens with zero attached hydrogens (tertiary/aromatic N) is 5. The van der Waals surface area contributed by atoms with Crippen LogP contribution in [-0.4, -0.2) is 50.0 Å². The van der Waals surface area contributed by atoms with Gasteiger partial charge in [0.15, 0.2) is 5.78 Å². The molecule has 0 atom stereocenters. The van der Waals surface area contributed by atoms with Crippen molar-refractivity contribution in [3.05, 3.63) is 184 Å². The third kappa shape index (κ3) is 8.46. The number of carbonyl (C=O) groups is 2. The lowest BCUT2D eigenvalue weighted by Crippen LogP contribution is -2.31. The minimum Gasteiger partial charge on any atom is -0.340 e. The number of para-hydroxylation sites is 2. The average molecular weight is 850 g/mol. The fourth-order valence-electron chi connectivity index (χ4n) is 6.21. The normalized spacial score (nSPS) is 10.9. The van der Waals surface area contributed by atoms with Crippen molar-refractivity contribution in [2.24, 2.45) is 0 Å². The molecule has 4 aromatic heterocycles. The summed E-state index contributed by atoms with van der Waals surface area (Å²) in [5, 5.41) is 2.04. The molecule has 0 aliphatic carbocycles. The van der Waals surface area contributed by atoms with E-state index in [1.165, 1.54) is 14.2 Å². The largest absolute Gasteiger partial charge is 0.340 e. The average Bonchev–Trinajstić information content (AvgIpc) is 3.16. The van der Waals surface area contributed by atoms with Gasteiger partial charge in [-0.3, -0.25) is 24.0 Å². The van der Waals surface area contributed by atoms with Gasteiger partial charge in [0.2, 0.25) is 10.9 Å². The van der Waals surface area contributed by atoms with E-state index in [1.54, 1.807) is 30.6 Å². The topological polar surface area (TPSA) is 116 Å². The summed E-state index contributed by atoms with van der Waals surface area (Å²) in [5.41, 5.74) is 5.33. The lowest BCUT2D eigenvalue weighted by Gasteiger charge is -2.16. The number of fused-ring (bicyclic) bond motifs is 2. The zero-order valence-corrected chi connectivity index (χ0v) is 33.1. The van der Waals surface area contributed by atoms with E-state index in [2.05, 4.69) is 41.8 Å². The molecule has 3 aromatic carbocycles. The number of rotatable bonds is 8.